The number of fused-ring (bicyclic) bond motifs is 14. The lowest BCUT2D eigenvalue weighted by Crippen LogP contribution is -2.33. The van der Waals surface area contributed by atoms with Gasteiger partial charge in [0.25, 0.3) is 0 Å². The summed E-state index contributed by atoms with van der Waals surface area (Å²) < 4.78 is 9.40. The van der Waals surface area contributed by atoms with Crippen molar-refractivity contribution in [3.8, 4) is 34.6 Å². The number of ether oxygens (including phenoxy) is 1. The molecular weight excluding hydrogens is 695 g/mol. The lowest BCUT2D eigenvalue weighted by Gasteiger charge is -2.41. The maximum atomic E-state index is 9.80. The summed E-state index contributed by atoms with van der Waals surface area (Å²) in [4.78, 5) is 15.0. The Balaban J connectivity index is 1.17. The standard InChI is InChI=1S/C48H27N5OS/c49-27-29-22-23-38-32(25-29)31-11-1-3-15-37(31)52(38)30-26-36-46(51-28-30)45-34(14-10-24-50-45)48(36)33-12-2-6-19-42(33)54-47-35(48)13-9-18-41(47)53-39-16-4-7-20-43(39)55-44-21-8-5-17-40(44)53/h1-26,28H. The fraction of sp³-hybridized carbons (Fsp3) is 0.0208. The first-order chi connectivity index (χ1) is 27.2. The second kappa shape index (κ2) is 11.2. The fourth-order valence-electron chi connectivity index (χ4n) is 9.18. The lowest BCUT2D eigenvalue weighted by atomic mass is 9.66. The Morgan fingerprint density at radius 2 is 1.27 bits per heavy atom. The minimum absolute atomic E-state index is 0.631. The maximum Gasteiger partial charge on any atom is 0.156 e. The number of nitriles is 1. The van der Waals surface area contributed by atoms with Gasteiger partial charge in [0.05, 0.1) is 68.4 Å². The minimum atomic E-state index is -0.793. The average molecular weight is 722 g/mol. The summed E-state index contributed by atoms with van der Waals surface area (Å²) in [7, 11) is 0. The van der Waals surface area contributed by atoms with E-state index in [-0.39, 0.29) is 0 Å². The molecule has 1 aliphatic carbocycles. The van der Waals surface area contributed by atoms with Gasteiger partial charge in [-0.2, -0.15) is 5.26 Å². The summed E-state index contributed by atoms with van der Waals surface area (Å²) in [6.07, 6.45) is 3.82. The van der Waals surface area contributed by atoms with Crippen molar-refractivity contribution in [1.29, 1.82) is 5.26 Å². The zero-order valence-electron chi connectivity index (χ0n) is 29.1. The average Bonchev–Trinajstić information content (AvgIpc) is 3.73. The van der Waals surface area contributed by atoms with Gasteiger partial charge in [-0.05, 0) is 78.4 Å². The highest BCUT2D eigenvalue weighted by Gasteiger charge is 2.53. The molecule has 5 heterocycles. The number of pyridine rings is 2. The molecular formula is C48H27N5OS. The van der Waals surface area contributed by atoms with Crippen molar-refractivity contribution < 1.29 is 4.74 Å². The van der Waals surface area contributed by atoms with E-state index < -0.39 is 5.41 Å². The van der Waals surface area contributed by atoms with Gasteiger partial charge < -0.3 is 14.2 Å². The molecule has 3 aromatic heterocycles. The quantitative estimate of drug-likeness (QED) is 0.177. The molecule has 12 rings (SSSR count). The van der Waals surface area contributed by atoms with E-state index in [2.05, 4.69) is 137 Å². The van der Waals surface area contributed by atoms with E-state index in [1.54, 1.807) is 11.8 Å². The van der Waals surface area contributed by atoms with Crippen LogP contribution in [0.5, 0.6) is 11.5 Å². The van der Waals surface area contributed by atoms with Gasteiger partial charge in [0.2, 0.25) is 0 Å². The van der Waals surface area contributed by atoms with Crippen LogP contribution in [0.25, 0.3) is 38.9 Å². The number of nitrogens with zero attached hydrogens (tertiary/aromatic N) is 5. The largest absolute Gasteiger partial charge is 0.454 e. The fourth-order valence-corrected chi connectivity index (χ4v) is 10.2. The second-order valence-corrected chi connectivity index (χ2v) is 15.1. The zero-order valence-corrected chi connectivity index (χ0v) is 30.0. The predicted molar refractivity (Wildman–Crippen MR) is 217 cm³/mol. The molecule has 0 bridgehead atoms. The number of aromatic nitrogens is 3. The molecule has 55 heavy (non-hydrogen) atoms. The van der Waals surface area contributed by atoms with E-state index in [1.165, 1.54) is 9.79 Å². The smallest absolute Gasteiger partial charge is 0.156 e. The Labute approximate surface area is 320 Å². The van der Waals surface area contributed by atoms with E-state index >= 15 is 0 Å². The first-order valence-corrected chi connectivity index (χ1v) is 19.0. The van der Waals surface area contributed by atoms with Gasteiger partial charge in [0, 0.05) is 43.5 Å². The van der Waals surface area contributed by atoms with E-state index in [0.717, 1.165) is 89.7 Å². The molecule has 2 aliphatic heterocycles. The van der Waals surface area contributed by atoms with Gasteiger partial charge in [-0.1, -0.05) is 90.6 Å². The van der Waals surface area contributed by atoms with Gasteiger partial charge in [0.1, 0.15) is 5.75 Å². The minimum Gasteiger partial charge on any atom is -0.454 e. The van der Waals surface area contributed by atoms with Gasteiger partial charge in [-0.3, -0.25) is 9.97 Å². The topological polar surface area (TPSA) is 67.0 Å². The SMILES string of the molecule is N#Cc1ccc2c(c1)c1ccccc1n2-c1cnc2c(c1)C1(c3ccccc3Oc3c(N4c5ccccc5Sc5ccccc54)cccc31)c1cccnc1-2. The zero-order chi connectivity index (χ0) is 36.3. The Kier molecular flexibility index (Phi) is 6.17. The van der Waals surface area contributed by atoms with Crippen molar-refractivity contribution in [2.24, 2.45) is 0 Å². The van der Waals surface area contributed by atoms with E-state index in [9.17, 15) is 5.26 Å². The maximum absolute atomic E-state index is 9.80. The molecule has 0 N–H and O–H groups in total. The monoisotopic (exact) mass is 721 g/mol. The summed E-state index contributed by atoms with van der Waals surface area (Å²) in [5.41, 5.74) is 11.9. The molecule has 0 amide bonds. The molecule has 0 saturated heterocycles. The normalized spacial score (nSPS) is 15.7. The predicted octanol–water partition coefficient (Wildman–Crippen LogP) is 11.8. The van der Waals surface area contributed by atoms with Crippen LogP contribution in [0.3, 0.4) is 0 Å². The van der Waals surface area contributed by atoms with Crippen molar-refractivity contribution in [3.63, 3.8) is 0 Å². The number of rotatable bonds is 2. The molecule has 0 saturated carbocycles. The highest BCUT2D eigenvalue weighted by atomic mass is 32.2. The summed E-state index contributed by atoms with van der Waals surface area (Å²) in [6, 6.07) is 55.3. The number of para-hydroxylation sites is 5. The third-order valence-electron chi connectivity index (χ3n) is 11.3. The number of hydrogen-bond donors (Lipinski definition) is 0. The Morgan fingerprint density at radius 3 is 2.13 bits per heavy atom. The van der Waals surface area contributed by atoms with Crippen LogP contribution in [0, 0.1) is 11.3 Å². The summed E-state index contributed by atoms with van der Waals surface area (Å²) >= 11 is 1.79. The molecule has 256 valence electrons. The van der Waals surface area contributed by atoms with Gasteiger partial charge >= 0.3 is 0 Å². The van der Waals surface area contributed by atoms with Crippen molar-refractivity contribution >= 4 is 50.6 Å². The molecule has 7 heteroatoms. The molecule has 0 fully saturated rings. The second-order valence-electron chi connectivity index (χ2n) is 14.1. The Bertz CT molecular complexity index is 3120. The molecule has 1 spiro atoms. The van der Waals surface area contributed by atoms with Crippen molar-refractivity contribution in [3.05, 3.63) is 192 Å². The highest BCUT2D eigenvalue weighted by molar-refractivity contribution is 7.99. The third kappa shape index (κ3) is 3.98. The van der Waals surface area contributed by atoms with Crippen LogP contribution in [0.2, 0.25) is 0 Å². The Morgan fingerprint density at radius 1 is 0.582 bits per heavy atom. The van der Waals surface area contributed by atoms with Crippen LogP contribution < -0.4 is 9.64 Å². The first kappa shape index (κ1) is 30.3. The first-order valence-electron chi connectivity index (χ1n) is 18.2. The van der Waals surface area contributed by atoms with E-state index in [1.807, 2.05) is 42.7 Å². The molecule has 9 aromatic rings. The van der Waals surface area contributed by atoms with E-state index in [0.29, 0.717) is 5.56 Å². The van der Waals surface area contributed by atoms with Crippen LogP contribution in [-0.2, 0) is 5.41 Å². The van der Waals surface area contributed by atoms with Crippen molar-refractivity contribution in [2.75, 3.05) is 4.90 Å². The molecule has 1 unspecified atom stereocenters. The number of hydrogen-bond acceptors (Lipinski definition) is 6. The van der Waals surface area contributed by atoms with Crippen LogP contribution in [-0.4, -0.2) is 14.5 Å². The van der Waals surface area contributed by atoms with E-state index in [4.69, 9.17) is 14.7 Å². The van der Waals surface area contributed by atoms with Gasteiger partial charge in [-0.25, -0.2) is 0 Å². The van der Waals surface area contributed by atoms with Crippen molar-refractivity contribution in [1.82, 2.24) is 14.5 Å². The summed E-state index contributed by atoms with van der Waals surface area (Å²) in [5, 5.41) is 11.9. The van der Waals surface area contributed by atoms with Gasteiger partial charge in [-0.15, -0.1) is 0 Å². The molecule has 3 aliphatic rings. The summed E-state index contributed by atoms with van der Waals surface area (Å²) in [6.45, 7) is 0. The number of benzene rings is 6. The number of anilines is 3. The molecule has 0 radical (unpaired) electrons. The van der Waals surface area contributed by atoms with Crippen LogP contribution in [0.4, 0.5) is 17.1 Å². The van der Waals surface area contributed by atoms with Gasteiger partial charge in [0.15, 0.2) is 5.75 Å². The lowest BCUT2D eigenvalue weighted by molar-refractivity contribution is 0.437. The highest BCUT2D eigenvalue weighted by Crippen LogP contribution is 2.64. The molecule has 6 nitrogen and oxygen atoms in total. The molecule has 1 atom stereocenters. The van der Waals surface area contributed by atoms with Crippen LogP contribution in [0.1, 0.15) is 27.8 Å². The van der Waals surface area contributed by atoms with Crippen LogP contribution >= 0.6 is 11.8 Å². The Hall–Kier alpha value is -7.14. The molecule has 6 aromatic carbocycles. The van der Waals surface area contributed by atoms with Crippen LogP contribution in [0.15, 0.2) is 174 Å². The third-order valence-corrected chi connectivity index (χ3v) is 12.5. The van der Waals surface area contributed by atoms with Crippen molar-refractivity contribution in [2.45, 2.75) is 15.2 Å². The summed E-state index contributed by atoms with van der Waals surface area (Å²) in [5.74, 6) is 1.59.